The second kappa shape index (κ2) is 5.18. The molecule has 2 saturated carbocycles. The average Bonchev–Trinajstić information content (AvgIpc) is 2.87. The first kappa shape index (κ1) is 14.1. The summed E-state index contributed by atoms with van der Waals surface area (Å²) in [5.74, 6) is 0.736. The third kappa shape index (κ3) is 2.65. The topological polar surface area (TPSA) is 26.0 Å². The largest absolute Gasteiger partial charge is 0.321 e. The predicted octanol–water partition coefficient (Wildman–Crippen LogP) is 5.10. The molecule has 2 fully saturated rings. The molecule has 1 nitrogen and oxygen atoms in total. The van der Waals surface area contributed by atoms with E-state index < -0.39 is 0 Å². The van der Waals surface area contributed by atoms with Crippen LogP contribution in [0.5, 0.6) is 0 Å². The maximum absolute atomic E-state index is 6.74. The van der Waals surface area contributed by atoms with Crippen molar-refractivity contribution in [1.82, 2.24) is 0 Å². The van der Waals surface area contributed by atoms with Gasteiger partial charge in [0.1, 0.15) is 0 Å². The van der Waals surface area contributed by atoms with Crippen molar-refractivity contribution in [3.63, 3.8) is 0 Å². The molecule has 1 heteroatoms. The molecule has 0 heterocycles. The van der Waals surface area contributed by atoms with Gasteiger partial charge < -0.3 is 5.73 Å². The lowest BCUT2D eigenvalue weighted by Crippen LogP contribution is -2.35. The molecule has 20 heavy (non-hydrogen) atoms. The van der Waals surface area contributed by atoms with Crippen LogP contribution >= 0.6 is 0 Å². The Balaban J connectivity index is 1.87. The van der Waals surface area contributed by atoms with E-state index in [-0.39, 0.29) is 5.54 Å². The van der Waals surface area contributed by atoms with Crippen molar-refractivity contribution >= 4 is 0 Å². The lowest BCUT2D eigenvalue weighted by Gasteiger charge is -2.37. The van der Waals surface area contributed by atoms with Gasteiger partial charge >= 0.3 is 0 Å². The zero-order chi connectivity index (χ0) is 14.2. The van der Waals surface area contributed by atoms with Crippen LogP contribution in [0.25, 0.3) is 0 Å². The fourth-order valence-corrected chi connectivity index (χ4v) is 4.29. The van der Waals surface area contributed by atoms with E-state index in [4.69, 9.17) is 5.73 Å². The third-order valence-electron chi connectivity index (χ3n) is 5.77. The molecular weight excluding hydrogens is 242 g/mol. The Morgan fingerprint density at radius 1 is 0.950 bits per heavy atom. The number of benzene rings is 1. The average molecular weight is 271 g/mol. The molecule has 0 saturated heterocycles. The Kier molecular flexibility index (Phi) is 3.66. The molecule has 0 unspecified atom stereocenters. The van der Waals surface area contributed by atoms with Crippen molar-refractivity contribution in [2.75, 3.05) is 0 Å². The number of hydrogen-bond donors (Lipinski definition) is 1. The van der Waals surface area contributed by atoms with Crippen LogP contribution in [-0.4, -0.2) is 0 Å². The molecule has 0 bridgehead atoms. The van der Waals surface area contributed by atoms with Gasteiger partial charge in [0.2, 0.25) is 0 Å². The number of nitrogens with two attached hydrogens (primary N) is 1. The molecular formula is C19H29N. The molecule has 0 amide bonds. The molecule has 0 atom stereocenters. The van der Waals surface area contributed by atoms with Crippen molar-refractivity contribution in [3.05, 3.63) is 35.4 Å². The lowest BCUT2D eigenvalue weighted by molar-refractivity contribution is 0.223. The minimum Gasteiger partial charge on any atom is -0.321 e. The maximum Gasteiger partial charge on any atom is 0.0412 e. The summed E-state index contributed by atoms with van der Waals surface area (Å²) in [4.78, 5) is 0. The van der Waals surface area contributed by atoms with Crippen LogP contribution in [0.15, 0.2) is 24.3 Å². The Bertz CT molecular complexity index is 458. The second-order valence-electron chi connectivity index (χ2n) is 7.89. The molecule has 2 aliphatic carbocycles. The summed E-state index contributed by atoms with van der Waals surface area (Å²) in [5.41, 5.74) is 10.3. The van der Waals surface area contributed by atoms with Crippen LogP contribution in [0.4, 0.5) is 0 Å². The molecule has 0 aromatic heterocycles. The monoisotopic (exact) mass is 271 g/mol. The van der Waals surface area contributed by atoms with Crippen LogP contribution in [0, 0.1) is 5.41 Å². The summed E-state index contributed by atoms with van der Waals surface area (Å²) < 4.78 is 0. The molecule has 1 aromatic rings. The Labute approximate surface area is 124 Å². The van der Waals surface area contributed by atoms with E-state index in [9.17, 15) is 0 Å². The highest BCUT2D eigenvalue weighted by Gasteiger charge is 2.35. The van der Waals surface area contributed by atoms with Crippen molar-refractivity contribution in [1.29, 1.82) is 0 Å². The smallest absolute Gasteiger partial charge is 0.0412 e. The van der Waals surface area contributed by atoms with E-state index in [1.54, 1.807) is 5.56 Å². The highest BCUT2D eigenvalue weighted by molar-refractivity contribution is 5.37. The Morgan fingerprint density at radius 2 is 1.55 bits per heavy atom. The van der Waals surface area contributed by atoms with E-state index >= 15 is 0 Å². The van der Waals surface area contributed by atoms with Gasteiger partial charge in [-0.05, 0) is 61.0 Å². The van der Waals surface area contributed by atoms with Gasteiger partial charge in [-0.15, -0.1) is 0 Å². The lowest BCUT2D eigenvalue weighted by atomic mass is 9.69. The number of hydrogen-bond acceptors (Lipinski definition) is 1. The highest BCUT2D eigenvalue weighted by Crippen LogP contribution is 2.46. The predicted molar refractivity (Wildman–Crippen MR) is 85.8 cm³/mol. The van der Waals surface area contributed by atoms with Gasteiger partial charge in [-0.3, -0.25) is 0 Å². The van der Waals surface area contributed by atoms with Gasteiger partial charge in [0, 0.05) is 5.54 Å². The van der Waals surface area contributed by atoms with Crippen molar-refractivity contribution in [3.8, 4) is 0 Å². The highest BCUT2D eigenvalue weighted by atomic mass is 14.8. The van der Waals surface area contributed by atoms with Gasteiger partial charge in [-0.2, -0.15) is 0 Å². The van der Waals surface area contributed by atoms with Gasteiger partial charge in [-0.25, -0.2) is 0 Å². The van der Waals surface area contributed by atoms with E-state index in [1.807, 2.05) is 0 Å². The molecule has 110 valence electrons. The van der Waals surface area contributed by atoms with Gasteiger partial charge in [0.25, 0.3) is 0 Å². The first-order chi connectivity index (χ1) is 9.50. The van der Waals surface area contributed by atoms with Crippen LogP contribution in [-0.2, 0) is 5.54 Å². The van der Waals surface area contributed by atoms with Crippen molar-refractivity contribution in [2.24, 2.45) is 11.1 Å². The maximum atomic E-state index is 6.74. The van der Waals surface area contributed by atoms with Crippen LogP contribution in [0.3, 0.4) is 0 Å². The van der Waals surface area contributed by atoms with E-state index in [0.717, 1.165) is 5.92 Å². The molecule has 3 rings (SSSR count). The second-order valence-corrected chi connectivity index (χ2v) is 7.89. The molecule has 0 spiro atoms. The molecule has 0 aliphatic heterocycles. The summed E-state index contributed by atoms with van der Waals surface area (Å²) in [5, 5.41) is 0. The Morgan fingerprint density at radius 3 is 2.20 bits per heavy atom. The van der Waals surface area contributed by atoms with Crippen molar-refractivity contribution < 1.29 is 0 Å². The normalized spacial score (nSPS) is 25.8. The van der Waals surface area contributed by atoms with Crippen LogP contribution in [0.1, 0.15) is 82.3 Å². The third-order valence-corrected chi connectivity index (χ3v) is 5.77. The van der Waals surface area contributed by atoms with Crippen LogP contribution in [0.2, 0.25) is 0 Å². The first-order valence-corrected chi connectivity index (χ1v) is 8.39. The molecule has 0 radical (unpaired) electrons. The van der Waals surface area contributed by atoms with E-state index in [2.05, 4.69) is 38.1 Å². The fourth-order valence-electron chi connectivity index (χ4n) is 4.29. The quantitative estimate of drug-likeness (QED) is 0.795. The first-order valence-electron chi connectivity index (χ1n) is 8.39. The summed E-state index contributed by atoms with van der Waals surface area (Å²) in [6.07, 6.45) is 10.3. The summed E-state index contributed by atoms with van der Waals surface area (Å²) >= 11 is 0. The van der Waals surface area contributed by atoms with E-state index in [1.165, 1.54) is 56.9 Å². The molecule has 2 aliphatic rings. The molecule has 2 N–H and O–H groups in total. The van der Waals surface area contributed by atoms with Crippen LogP contribution < -0.4 is 5.73 Å². The van der Waals surface area contributed by atoms with Gasteiger partial charge in [0.05, 0.1) is 0 Å². The summed E-state index contributed by atoms with van der Waals surface area (Å²) in [7, 11) is 0. The Hall–Kier alpha value is -0.820. The SMILES string of the molecule is CC1(C)CCC(c2ccccc2C2(N)CCCC2)CC1. The standard InChI is InChI=1S/C19H29N/c1-18(2)13-9-15(10-14-18)16-7-3-4-8-17(16)19(20)11-5-6-12-19/h3-4,7-8,15H,5-6,9-14,20H2,1-2H3. The number of rotatable bonds is 2. The zero-order valence-corrected chi connectivity index (χ0v) is 13.1. The van der Waals surface area contributed by atoms with Gasteiger partial charge in [0.15, 0.2) is 0 Å². The van der Waals surface area contributed by atoms with E-state index in [0.29, 0.717) is 5.41 Å². The zero-order valence-electron chi connectivity index (χ0n) is 13.1. The fraction of sp³-hybridized carbons (Fsp3) is 0.684. The van der Waals surface area contributed by atoms with Crippen molar-refractivity contribution in [2.45, 2.75) is 76.7 Å². The van der Waals surface area contributed by atoms with Gasteiger partial charge in [-0.1, -0.05) is 51.0 Å². The minimum absolute atomic E-state index is 0.0381. The minimum atomic E-state index is -0.0381. The molecule has 1 aromatic carbocycles. The summed E-state index contributed by atoms with van der Waals surface area (Å²) in [6, 6.07) is 9.04. The summed E-state index contributed by atoms with van der Waals surface area (Å²) in [6.45, 7) is 4.83.